The summed E-state index contributed by atoms with van der Waals surface area (Å²) in [5, 5.41) is 4.66. The van der Waals surface area contributed by atoms with Crippen LogP contribution in [0.1, 0.15) is 30.4 Å². The Hall–Kier alpha value is -3.01. The van der Waals surface area contributed by atoms with E-state index in [4.69, 9.17) is 9.47 Å². The number of nitrogens with zero attached hydrogens (tertiary/aromatic N) is 2. The van der Waals surface area contributed by atoms with Gasteiger partial charge < -0.3 is 19.7 Å². The molecule has 6 rings (SSSR count). The summed E-state index contributed by atoms with van der Waals surface area (Å²) in [6.45, 7) is -0.0478. The number of likely N-dealkylation sites (tertiary alicyclic amines) is 1. The summed E-state index contributed by atoms with van der Waals surface area (Å²) >= 11 is 1.05. The molecule has 3 heterocycles. The molecule has 0 spiro atoms. The molecule has 2 bridgehead atoms. The van der Waals surface area contributed by atoms with E-state index in [0.717, 1.165) is 42.4 Å². The molecular formula is C26H30N4O8S3. The van der Waals surface area contributed by atoms with Gasteiger partial charge in [0.15, 0.2) is 11.7 Å². The van der Waals surface area contributed by atoms with Crippen molar-refractivity contribution in [3.8, 4) is 11.5 Å². The molecule has 1 saturated heterocycles. The number of ether oxygens (including phenoxy) is 2. The fourth-order valence-corrected chi connectivity index (χ4v) is 9.92. The Kier molecular flexibility index (Phi) is 6.91. The Morgan fingerprint density at radius 2 is 1.90 bits per heavy atom. The number of thiophene rings is 1. The third-order valence-electron chi connectivity index (χ3n) is 8.54. The molecule has 2 N–H and O–H groups in total. The summed E-state index contributed by atoms with van der Waals surface area (Å²) in [6, 6.07) is 5.06. The highest BCUT2D eigenvalue weighted by Gasteiger charge is 2.61. The third kappa shape index (κ3) is 4.81. The van der Waals surface area contributed by atoms with Gasteiger partial charge in [0.25, 0.3) is 10.0 Å². The number of sulfonamides is 2. The van der Waals surface area contributed by atoms with Crippen molar-refractivity contribution in [1.29, 1.82) is 0 Å². The molecule has 220 valence electrons. The van der Waals surface area contributed by atoms with Crippen LogP contribution in [0.25, 0.3) is 0 Å². The lowest BCUT2D eigenvalue weighted by atomic mass is 9.73. The van der Waals surface area contributed by atoms with Gasteiger partial charge in [-0.2, -0.15) is 8.42 Å². The van der Waals surface area contributed by atoms with E-state index in [-0.39, 0.29) is 58.0 Å². The smallest absolute Gasteiger partial charge is 0.287 e. The monoisotopic (exact) mass is 622 g/mol. The maximum Gasteiger partial charge on any atom is 0.287 e. The number of amidine groups is 1. The second-order valence-electron chi connectivity index (χ2n) is 10.9. The van der Waals surface area contributed by atoms with E-state index in [2.05, 4.69) is 14.4 Å². The average molecular weight is 623 g/mol. The van der Waals surface area contributed by atoms with Gasteiger partial charge >= 0.3 is 0 Å². The quantitative estimate of drug-likeness (QED) is 0.420. The first kappa shape index (κ1) is 28.1. The first-order valence-corrected chi connectivity index (χ1v) is 17.3. The molecule has 15 heteroatoms. The number of nitrogens with one attached hydrogen (secondary N) is 2. The molecule has 2 aliphatic carbocycles. The minimum atomic E-state index is -4.33. The Morgan fingerprint density at radius 1 is 1.15 bits per heavy atom. The summed E-state index contributed by atoms with van der Waals surface area (Å²) in [5.74, 6) is -1.36. The van der Waals surface area contributed by atoms with Crippen molar-refractivity contribution in [2.45, 2.75) is 43.3 Å². The number of rotatable bonds is 8. The van der Waals surface area contributed by atoms with Crippen molar-refractivity contribution in [3.05, 3.63) is 34.7 Å². The maximum atomic E-state index is 14.2. The normalized spacial score (nSPS) is 28.1. The van der Waals surface area contributed by atoms with E-state index in [1.54, 1.807) is 24.1 Å². The molecule has 41 heavy (non-hydrogen) atoms. The lowest BCUT2D eigenvalue weighted by molar-refractivity contribution is -0.153. The minimum Gasteiger partial charge on any atom is -0.497 e. The van der Waals surface area contributed by atoms with Gasteiger partial charge in [0.2, 0.25) is 15.9 Å². The predicted molar refractivity (Wildman–Crippen MR) is 151 cm³/mol. The number of methoxy groups -OCH3 is 2. The fraction of sp³-hybridized carbons (Fsp3) is 0.500. The Morgan fingerprint density at radius 3 is 2.61 bits per heavy atom. The zero-order valence-corrected chi connectivity index (χ0v) is 25.1. The van der Waals surface area contributed by atoms with Crippen LogP contribution >= 0.6 is 11.3 Å². The van der Waals surface area contributed by atoms with E-state index >= 15 is 0 Å². The molecular weight excluding hydrogens is 593 g/mol. The van der Waals surface area contributed by atoms with Crippen LogP contribution in [0, 0.1) is 23.7 Å². The zero-order valence-electron chi connectivity index (χ0n) is 22.6. The number of amides is 1. The van der Waals surface area contributed by atoms with Crippen molar-refractivity contribution >= 4 is 53.9 Å². The van der Waals surface area contributed by atoms with Crippen LogP contribution in [0.3, 0.4) is 0 Å². The number of fused-ring (bicyclic) bond motifs is 6. The Balaban J connectivity index is 1.36. The first-order valence-electron chi connectivity index (χ1n) is 13.1. The van der Waals surface area contributed by atoms with Gasteiger partial charge in [-0.25, -0.2) is 13.1 Å². The van der Waals surface area contributed by atoms with E-state index in [1.165, 1.54) is 12.5 Å². The van der Waals surface area contributed by atoms with Gasteiger partial charge in [0.1, 0.15) is 27.2 Å². The maximum absolute atomic E-state index is 14.2. The highest BCUT2D eigenvalue weighted by atomic mass is 32.2. The summed E-state index contributed by atoms with van der Waals surface area (Å²) in [6.07, 6.45) is 3.65. The van der Waals surface area contributed by atoms with Crippen molar-refractivity contribution in [2.75, 3.05) is 25.8 Å². The highest BCUT2D eigenvalue weighted by Crippen LogP contribution is 2.54. The van der Waals surface area contributed by atoms with Gasteiger partial charge in [-0.1, -0.05) is 0 Å². The molecule has 3 unspecified atom stereocenters. The molecule has 2 aliphatic heterocycles. The second-order valence-corrected chi connectivity index (χ2v) is 15.2. The topological polar surface area (TPSA) is 161 Å². The number of ketones is 1. The van der Waals surface area contributed by atoms with Crippen molar-refractivity contribution in [2.24, 2.45) is 28.1 Å². The number of carbonyl (C=O) groups excluding carboxylic acids is 2. The molecule has 4 aliphatic rings. The molecule has 3 fully saturated rings. The SMILES string of the molecule is COc1ccc(CN2C(=O)C(C3=NS(=O)(=O)c4c(CNS(C)(=O)=O)csc4N3)C(=O)C3C2[C@@H]2CC[C@H]3C2)c(OC)c1. The lowest BCUT2D eigenvalue weighted by Gasteiger charge is -2.45. The largest absolute Gasteiger partial charge is 0.497 e. The highest BCUT2D eigenvalue weighted by molar-refractivity contribution is 7.91. The van der Waals surface area contributed by atoms with Gasteiger partial charge in [-0.15, -0.1) is 15.7 Å². The molecule has 5 atom stereocenters. The number of hydrogen-bond donors (Lipinski definition) is 2. The third-order valence-corrected chi connectivity index (χ3v) is 11.7. The first-order chi connectivity index (χ1) is 19.4. The van der Waals surface area contributed by atoms with Crippen molar-refractivity contribution in [1.82, 2.24) is 9.62 Å². The average Bonchev–Trinajstić information content (AvgIpc) is 3.64. The number of piperidine rings is 1. The van der Waals surface area contributed by atoms with Crippen LogP contribution in [0.15, 0.2) is 32.9 Å². The molecule has 2 aromatic rings. The number of hydrogen-bond acceptors (Lipinski definition) is 10. The zero-order chi connectivity index (χ0) is 29.3. The van der Waals surface area contributed by atoms with Gasteiger partial charge in [-0.3, -0.25) is 9.59 Å². The van der Waals surface area contributed by atoms with Crippen molar-refractivity contribution in [3.63, 3.8) is 0 Å². The molecule has 1 aromatic heterocycles. The molecule has 1 aromatic carbocycles. The van der Waals surface area contributed by atoms with Crippen LogP contribution in [0.2, 0.25) is 0 Å². The standard InChI is InChI=1S/C26H30N4O8S3/c1-37-17-7-6-15(18(9-17)38-2)11-30-21-14-5-4-13(8-14)19(21)22(31)20(26(30)32)24-28-25-23(41(35,36)29-24)16(12-39-25)10-27-40(3,33)34/h6-7,9,12-14,19-21,27H,4-5,8,10-11H2,1-3H3,(H,28,29)/t13-,14+,19?,20?,21?/m0/s1. The van der Waals surface area contributed by atoms with Crippen LogP contribution < -0.4 is 19.5 Å². The summed E-state index contributed by atoms with van der Waals surface area (Å²) in [5.41, 5.74) is 0.972. The van der Waals surface area contributed by atoms with Crippen LogP contribution in [-0.2, 0) is 42.7 Å². The predicted octanol–water partition coefficient (Wildman–Crippen LogP) is 1.97. The van der Waals surface area contributed by atoms with Crippen LogP contribution in [0.5, 0.6) is 11.5 Å². The summed E-state index contributed by atoms with van der Waals surface area (Å²) < 4.78 is 67.0. The minimum absolute atomic E-state index is 0.125. The summed E-state index contributed by atoms with van der Waals surface area (Å²) in [7, 11) is -4.81. The van der Waals surface area contributed by atoms with Crippen LogP contribution in [-0.4, -0.2) is 65.8 Å². The lowest BCUT2D eigenvalue weighted by Crippen LogP contribution is -2.61. The second kappa shape index (κ2) is 10.1. The molecule has 12 nitrogen and oxygen atoms in total. The van der Waals surface area contributed by atoms with Gasteiger partial charge in [0, 0.05) is 42.2 Å². The number of anilines is 1. The van der Waals surface area contributed by atoms with Crippen LogP contribution in [0.4, 0.5) is 5.00 Å². The van der Waals surface area contributed by atoms with E-state index < -0.39 is 37.8 Å². The number of benzene rings is 1. The van der Waals surface area contributed by atoms with E-state index in [9.17, 15) is 26.4 Å². The fourth-order valence-electron chi connectivity index (χ4n) is 6.86. The Bertz CT molecular complexity index is 1680. The molecule has 2 saturated carbocycles. The number of Topliss-reactive ketones (excluding diaryl/α,β-unsaturated/α-hetero) is 1. The molecule has 0 radical (unpaired) electrons. The van der Waals surface area contributed by atoms with Gasteiger partial charge in [-0.05, 0) is 48.6 Å². The number of carbonyl (C=O) groups is 2. The van der Waals surface area contributed by atoms with E-state index in [0.29, 0.717) is 11.5 Å². The van der Waals surface area contributed by atoms with Gasteiger partial charge in [0.05, 0.1) is 20.5 Å². The molecule has 1 amide bonds. The van der Waals surface area contributed by atoms with Crippen molar-refractivity contribution < 1.29 is 35.9 Å². The summed E-state index contributed by atoms with van der Waals surface area (Å²) in [4.78, 5) is 29.7. The Labute approximate surface area is 242 Å². The van der Waals surface area contributed by atoms with E-state index in [1.807, 2.05) is 6.07 Å².